The highest BCUT2D eigenvalue weighted by atomic mass is 35.5. The molecule has 0 saturated heterocycles. The molecule has 3 rings (SSSR count). The zero-order valence-electron chi connectivity index (χ0n) is 17.7. The van der Waals surface area contributed by atoms with Gasteiger partial charge in [-0.05, 0) is 54.3 Å². The van der Waals surface area contributed by atoms with E-state index in [9.17, 15) is 13.2 Å². The number of hydrogen-bond donors (Lipinski definition) is 1. The molecule has 0 heterocycles. The number of anilines is 2. The minimum absolute atomic E-state index is 0.0986. The number of carbonyl (C=O) groups is 1. The Labute approximate surface area is 188 Å². The van der Waals surface area contributed by atoms with Crippen molar-refractivity contribution in [2.75, 3.05) is 16.2 Å². The Balaban J connectivity index is 1.98. The Morgan fingerprint density at radius 3 is 2.32 bits per heavy atom. The van der Waals surface area contributed by atoms with Crippen LogP contribution in [-0.2, 0) is 14.8 Å². The van der Waals surface area contributed by atoms with Gasteiger partial charge in [0, 0.05) is 10.7 Å². The first-order valence-electron chi connectivity index (χ1n) is 9.93. The molecule has 162 valence electrons. The van der Waals surface area contributed by atoms with Gasteiger partial charge in [0.25, 0.3) is 10.0 Å². The first kappa shape index (κ1) is 22.8. The molecule has 0 aliphatic heterocycles. The van der Waals surface area contributed by atoms with Gasteiger partial charge in [-0.25, -0.2) is 8.42 Å². The summed E-state index contributed by atoms with van der Waals surface area (Å²) in [5, 5.41) is 3.30. The SMILES string of the molecule is Cc1cccc(C(C)C)c1NC(=O)CN(c1cccc(Cl)c1)S(=O)(=O)c1ccccc1. The largest absolute Gasteiger partial charge is 0.324 e. The van der Waals surface area contributed by atoms with E-state index >= 15 is 0 Å². The Hall–Kier alpha value is -2.83. The van der Waals surface area contributed by atoms with Crippen LogP contribution in [0.2, 0.25) is 5.02 Å². The first-order valence-corrected chi connectivity index (χ1v) is 11.7. The molecule has 1 N–H and O–H groups in total. The summed E-state index contributed by atoms with van der Waals surface area (Å²) in [5.74, 6) is -0.233. The number of sulfonamides is 1. The zero-order valence-corrected chi connectivity index (χ0v) is 19.2. The van der Waals surface area contributed by atoms with Crippen molar-refractivity contribution in [3.8, 4) is 0 Å². The van der Waals surface area contributed by atoms with Gasteiger partial charge in [-0.3, -0.25) is 9.10 Å². The normalized spacial score (nSPS) is 11.4. The van der Waals surface area contributed by atoms with E-state index in [4.69, 9.17) is 11.6 Å². The Morgan fingerprint density at radius 2 is 1.68 bits per heavy atom. The fourth-order valence-corrected chi connectivity index (χ4v) is 4.94. The summed E-state index contributed by atoms with van der Waals surface area (Å²) in [6.07, 6.45) is 0. The highest BCUT2D eigenvalue weighted by Crippen LogP contribution is 2.29. The van der Waals surface area contributed by atoms with Gasteiger partial charge >= 0.3 is 0 Å². The molecule has 0 atom stereocenters. The third-order valence-corrected chi connectivity index (χ3v) is 6.93. The molecule has 0 radical (unpaired) electrons. The lowest BCUT2D eigenvalue weighted by Crippen LogP contribution is -2.38. The van der Waals surface area contributed by atoms with Crippen LogP contribution in [0.3, 0.4) is 0 Å². The van der Waals surface area contributed by atoms with Crippen LogP contribution in [0.25, 0.3) is 0 Å². The lowest BCUT2D eigenvalue weighted by Gasteiger charge is -2.25. The first-order chi connectivity index (χ1) is 14.7. The standard InChI is InChI=1S/C24H25ClN2O3S/c1-17(2)22-14-7-9-18(3)24(22)26-23(28)16-27(20-11-8-10-19(25)15-20)31(29,30)21-12-5-4-6-13-21/h4-15,17H,16H2,1-3H3,(H,26,28). The minimum Gasteiger partial charge on any atom is -0.324 e. The molecule has 5 nitrogen and oxygen atoms in total. The van der Waals surface area contributed by atoms with E-state index in [0.29, 0.717) is 16.4 Å². The Morgan fingerprint density at radius 1 is 1.00 bits per heavy atom. The van der Waals surface area contributed by atoms with Crippen LogP contribution < -0.4 is 9.62 Å². The Bertz CT molecular complexity index is 1180. The van der Waals surface area contributed by atoms with Crippen molar-refractivity contribution >= 4 is 38.9 Å². The second kappa shape index (κ2) is 9.54. The molecular formula is C24H25ClN2O3S. The number of nitrogens with zero attached hydrogens (tertiary/aromatic N) is 1. The monoisotopic (exact) mass is 456 g/mol. The van der Waals surface area contributed by atoms with E-state index in [2.05, 4.69) is 5.32 Å². The highest BCUT2D eigenvalue weighted by molar-refractivity contribution is 7.92. The number of nitrogens with one attached hydrogen (secondary N) is 1. The number of amides is 1. The van der Waals surface area contributed by atoms with Gasteiger partial charge in [0.2, 0.25) is 5.91 Å². The molecule has 0 bridgehead atoms. The van der Waals surface area contributed by atoms with Crippen molar-refractivity contribution in [1.82, 2.24) is 0 Å². The summed E-state index contributed by atoms with van der Waals surface area (Å²) in [6, 6.07) is 20.3. The van der Waals surface area contributed by atoms with E-state index in [1.165, 1.54) is 18.2 Å². The fraction of sp³-hybridized carbons (Fsp3) is 0.208. The quantitative estimate of drug-likeness (QED) is 0.502. The summed E-state index contributed by atoms with van der Waals surface area (Å²) >= 11 is 6.11. The predicted molar refractivity (Wildman–Crippen MR) is 126 cm³/mol. The van der Waals surface area contributed by atoms with Gasteiger partial charge in [-0.15, -0.1) is 0 Å². The van der Waals surface area contributed by atoms with E-state index < -0.39 is 15.9 Å². The van der Waals surface area contributed by atoms with Crippen LogP contribution in [0.1, 0.15) is 30.9 Å². The van der Waals surface area contributed by atoms with Crippen molar-refractivity contribution < 1.29 is 13.2 Å². The van der Waals surface area contributed by atoms with Crippen molar-refractivity contribution in [3.05, 3.63) is 88.9 Å². The second-order valence-electron chi connectivity index (χ2n) is 7.55. The summed E-state index contributed by atoms with van der Waals surface area (Å²) in [5.41, 5.74) is 2.94. The van der Waals surface area contributed by atoms with Gasteiger partial charge in [0.05, 0.1) is 10.6 Å². The molecule has 0 aliphatic rings. The number of carbonyl (C=O) groups excluding carboxylic acids is 1. The van der Waals surface area contributed by atoms with Crippen LogP contribution in [0, 0.1) is 6.92 Å². The van der Waals surface area contributed by atoms with Gasteiger partial charge < -0.3 is 5.32 Å². The molecule has 0 aromatic heterocycles. The van der Waals surface area contributed by atoms with E-state index in [1.54, 1.807) is 36.4 Å². The number of rotatable bonds is 7. The third-order valence-electron chi connectivity index (χ3n) is 4.91. The van der Waals surface area contributed by atoms with Crippen molar-refractivity contribution in [2.24, 2.45) is 0 Å². The van der Waals surface area contributed by atoms with Crippen LogP contribution in [0.15, 0.2) is 77.7 Å². The van der Waals surface area contributed by atoms with E-state index in [0.717, 1.165) is 15.4 Å². The summed E-state index contributed by atoms with van der Waals surface area (Å²) in [6.45, 7) is 5.62. The average Bonchev–Trinajstić information content (AvgIpc) is 2.73. The predicted octanol–water partition coefficient (Wildman–Crippen LogP) is 5.61. The van der Waals surface area contributed by atoms with Gasteiger partial charge in [-0.1, -0.05) is 67.9 Å². The third kappa shape index (κ3) is 5.27. The second-order valence-corrected chi connectivity index (χ2v) is 9.85. The maximum Gasteiger partial charge on any atom is 0.264 e. The van der Waals surface area contributed by atoms with Gasteiger partial charge in [0.1, 0.15) is 6.54 Å². The molecule has 0 fully saturated rings. The number of hydrogen-bond acceptors (Lipinski definition) is 3. The van der Waals surface area contributed by atoms with Crippen LogP contribution in [0.4, 0.5) is 11.4 Å². The lowest BCUT2D eigenvalue weighted by molar-refractivity contribution is -0.114. The molecule has 0 aliphatic carbocycles. The minimum atomic E-state index is -3.98. The number of aryl methyl sites for hydroxylation is 1. The number of halogens is 1. The number of benzene rings is 3. The van der Waals surface area contributed by atoms with Crippen LogP contribution in [0.5, 0.6) is 0 Å². The van der Waals surface area contributed by atoms with E-state index in [1.807, 2.05) is 39.0 Å². The molecule has 7 heteroatoms. The number of para-hydroxylation sites is 1. The van der Waals surface area contributed by atoms with Gasteiger partial charge in [0.15, 0.2) is 0 Å². The fourth-order valence-electron chi connectivity index (χ4n) is 3.32. The average molecular weight is 457 g/mol. The molecule has 1 amide bonds. The van der Waals surface area contributed by atoms with Crippen molar-refractivity contribution in [1.29, 1.82) is 0 Å². The van der Waals surface area contributed by atoms with Crippen LogP contribution >= 0.6 is 11.6 Å². The molecule has 0 saturated carbocycles. The van der Waals surface area contributed by atoms with Gasteiger partial charge in [-0.2, -0.15) is 0 Å². The molecule has 31 heavy (non-hydrogen) atoms. The smallest absolute Gasteiger partial charge is 0.264 e. The topological polar surface area (TPSA) is 66.5 Å². The summed E-state index contributed by atoms with van der Waals surface area (Å²) in [7, 11) is -3.98. The van der Waals surface area contributed by atoms with Crippen molar-refractivity contribution in [2.45, 2.75) is 31.6 Å². The van der Waals surface area contributed by atoms with Crippen molar-refractivity contribution in [3.63, 3.8) is 0 Å². The maximum absolute atomic E-state index is 13.4. The molecule has 0 spiro atoms. The van der Waals surface area contributed by atoms with E-state index in [-0.39, 0.29) is 17.4 Å². The molecule has 3 aromatic rings. The Kier molecular flexibility index (Phi) is 7.03. The molecular weight excluding hydrogens is 432 g/mol. The highest BCUT2D eigenvalue weighted by Gasteiger charge is 2.27. The molecule has 3 aromatic carbocycles. The summed E-state index contributed by atoms with van der Waals surface area (Å²) in [4.78, 5) is 13.1. The maximum atomic E-state index is 13.4. The molecule has 0 unspecified atom stereocenters. The zero-order chi connectivity index (χ0) is 22.6. The lowest BCUT2D eigenvalue weighted by atomic mass is 9.98. The van der Waals surface area contributed by atoms with Crippen LogP contribution in [-0.4, -0.2) is 20.9 Å². The summed E-state index contributed by atoms with van der Waals surface area (Å²) < 4.78 is 27.8.